The summed E-state index contributed by atoms with van der Waals surface area (Å²) in [6.07, 6.45) is 0.915. The van der Waals surface area contributed by atoms with Crippen molar-refractivity contribution in [1.29, 1.82) is 0 Å². The SMILES string of the molecule is COc1ccc2nccc(N(C[C@@H]3CN(c4ccc(C)c(F)c4)C(=O)O3)C3CNC3)c2n1. The van der Waals surface area contributed by atoms with Crippen molar-refractivity contribution in [3.8, 4) is 5.88 Å². The maximum absolute atomic E-state index is 14.0. The van der Waals surface area contributed by atoms with Gasteiger partial charge in [0.15, 0.2) is 0 Å². The van der Waals surface area contributed by atoms with E-state index in [2.05, 4.69) is 20.2 Å². The monoisotopic (exact) mass is 437 g/mol. The highest BCUT2D eigenvalue weighted by Gasteiger charge is 2.36. The largest absolute Gasteiger partial charge is 0.481 e. The van der Waals surface area contributed by atoms with Crippen molar-refractivity contribution in [1.82, 2.24) is 15.3 Å². The first-order chi connectivity index (χ1) is 15.5. The fraction of sp³-hybridized carbons (Fsp3) is 0.348. The lowest BCUT2D eigenvalue weighted by molar-refractivity contribution is 0.141. The minimum atomic E-state index is -0.468. The average molecular weight is 437 g/mol. The van der Waals surface area contributed by atoms with E-state index in [0.29, 0.717) is 30.2 Å². The molecule has 0 bridgehead atoms. The van der Waals surface area contributed by atoms with E-state index in [-0.39, 0.29) is 18.0 Å². The number of carbonyl (C=O) groups is 1. The quantitative estimate of drug-likeness (QED) is 0.635. The third-order valence-corrected chi connectivity index (χ3v) is 6.00. The lowest BCUT2D eigenvalue weighted by Gasteiger charge is -2.40. The molecule has 0 radical (unpaired) electrons. The first-order valence-corrected chi connectivity index (χ1v) is 10.5. The van der Waals surface area contributed by atoms with E-state index in [9.17, 15) is 9.18 Å². The standard InChI is InChI=1S/C23H24FN5O3/c1-14-3-4-15(9-18(14)24)29-13-17(32-23(29)30)12-28(16-10-25-11-16)20-7-8-26-19-5-6-21(31-2)27-22(19)20/h3-9,16-17,25H,10-13H2,1-2H3/t17-/m1/s1. The van der Waals surface area contributed by atoms with Gasteiger partial charge in [-0.1, -0.05) is 6.07 Å². The molecule has 166 valence electrons. The summed E-state index contributed by atoms with van der Waals surface area (Å²) in [6.45, 7) is 4.16. The van der Waals surface area contributed by atoms with Gasteiger partial charge in [-0.3, -0.25) is 9.88 Å². The van der Waals surface area contributed by atoms with Crippen LogP contribution in [0.25, 0.3) is 11.0 Å². The van der Waals surface area contributed by atoms with Crippen LogP contribution in [0.15, 0.2) is 42.6 Å². The Balaban J connectivity index is 1.43. The van der Waals surface area contributed by atoms with E-state index >= 15 is 0 Å². The molecule has 0 saturated carbocycles. The van der Waals surface area contributed by atoms with Gasteiger partial charge in [-0.25, -0.2) is 14.2 Å². The number of pyridine rings is 2. The van der Waals surface area contributed by atoms with Gasteiger partial charge >= 0.3 is 6.09 Å². The fourth-order valence-electron chi connectivity index (χ4n) is 4.07. The topological polar surface area (TPSA) is 79.8 Å². The normalized spacial score (nSPS) is 18.5. The van der Waals surface area contributed by atoms with Gasteiger partial charge in [-0.15, -0.1) is 0 Å². The highest BCUT2D eigenvalue weighted by molar-refractivity contribution is 5.90. The number of halogens is 1. The van der Waals surface area contributed by atoms with Crippen molar-refractivity contribution in [2.45, 2.75) is 19.1 Å². The second kappa shape index (κ2) is 8.23. The Morgan fingerprint density at radius 3 is 2.84 bits per heavy atom. The summed E-state index contributed by atoms with van der Waals surface area (Å²) in [5, 5.41) is 3.30. The minimum absolute atomic E-state index is 0.234. The van der Waals surface area contributed by atoms with E-state index in [1.54, 1.807) is 38.4 Å². The highest BCUT2D eigenvalue weighted by Crippen LogP contribution is 2.30. The second-order valence-corrected chi connectivity index (χ2v) is 8.07. The van der Waals surface area contributed by atoms with Gasteiger partial charge in [-0.05, 0) is 36.8 Å². The van der Waals surface area contributed by atoms with Crippen LogP contribution < -0.4 is 19.9 Å². The van der Waals surface area contributed by atoms with Crippen LogP contribution in [0.3, 0.4) is 0 Å². The van der Waals surface area contributed by atoms with Gasteiger partial charge in [0.05, 0.1) is 43.1 Å². The van der Waals surface area contributed by atoms with Crippen LogP contribution in [0.2, 0.25) is 0 Å². The summed E-state index contributed by atoms with van der Waals surface area (Å²) in [6, 6.07) is 10.6. The summed E-state index contributed by atoms with van der Waals surface area (Å²) >= 11 is 0. The number of cyclic esters (lactones) is 1. The molecule has 0 unspecified atom stereocenters. The van der Waals surface area contributed by atoms with Crippen molar-refractivity contribution in [2.75, 3.05) is 43.1 Å². The molecule has 1 aromatic carbocycles. The van der Waals surface area contributed by atoms with Crippen molar-refractivity contribution >= 4 is 28.5 Å². The number of rotatable bonds is 6. The lowest BCUT2D eigenvalue weighted by Crippen LogP contribution is -2.59. The van der Waals surface area contributed by atoms with Crippen molar-refractivity contribution in [3.63, 3.8) is 0 Å². The molecule has 1 N–H and O–H groups in total. The van der Waals surface area contributed by atoms with E-state index in [0.717, 1.165) is 29.8 Å². The van der Waals surface area contributed by atoms with Crippen molar-refractivity contribution in [2.24, 2.45) is 0 Å². The molecule has 2 fully saturated rings. The number of aromatic nitrogens is 2. The number of hydrogen-bond donors (Lipinski definition) is 1. The molecule has 9 heteroatoms. The zero-order chi connectivity index (χ0) is 22.2. The maximum atomic E-state index is 14.0. The van der Waals surface area contributed by atoms with E-state index in [1.807, 2.05) is 12.1 Å². The van der Waals surface area contributed by atoms with Crippen LogP contribution in [0, 0.1) is 12.7 Å². The number of carbonyl (C=O) groups excluding carboxylic acids is 1. The molecule has 2 aliphatic heterocycles. The molecule has 3 aromatic rings. The summed E-state index contributed by atoms with van der Waals surface area (Å²) in [5.41, 5.74) is 3.45. The Kier molecular flexibility index (Phi) is 5.26. The van der Waals surface area contributed by atoms with Gasteiger partial charge in [0.2, 0.25) is 5.88 Å². The molecule has 32 heavy (non-hydrogen) atoms. The number of ether oxygens (including phenoxy) is 2. The first-order valence-electron chi connectivity index (χ1n) is 10.5. The number of methoxy groups -OCH3 is 1. The Morgan fingerprint density at radius 2 is 2.12 bits per heavy atom. The maximum Gasteiger partial charge on any atom is 0.414 e. The van der Waals surface area contributed by atoms with Crippen LogP contribution in [0.4, 0.5) is 20.6 Å². The number of aryl methyl sites for hydroxylation is 1. The summed E-state index contributed by atoms with van der Waals surface area (Å²) in [4.78, 5) is 25.3. The average Bonchev–Trinajstić information content (AvgIpc) is 3.13. The van der Waals surface area contributed by atoms with Gasteiger partial charge in [0.25, 0.3) is 0 Å². The number of nitrogens with zero attached hydrogens (tertiary/aromatic N) is 4. The van der Waals surface area contributed by atoms with E-state index in [1.165, 1.54) is 11.0 Å². The molecule has 2 aliphatic rings. The molecule has 2 saturated heterocycles. The zero-order valence-corrected chi connectivity index (χ0v) is 17.9. The Hall–Kier alpha value is -3.46. The summed E-state index contributed by atoms with van der Waals surface area (Å²) in [7, 11) is 1.58. The van der Waals surface area contributed by atoms with Gasteiger partial charge in [-0.2, -0.15) is 0 Å². The Bertz CT molecular complexity index is 1170. The Morgan fingerprint density at radius 1 is 1.28 bits per heavy atom. The lowest BCUT2D eigenvalue weighted by atomic mass is 10.1. The fourth-order valence-corrected chi connectivity index (χ4v) is 4.07. The molecule has 1 amide bonds. The number of fused-ring (bicyclic) bond motifs is 1. The van der Waals surface area contributed by atoms with E-state index in [4.69, 9.17) is 9.47 Å². The third kappa shape index (κ3) is 3.69. The molecule has 4 heterocycles. The molecule has 8 nitrogen and oxygen atoms in total. The summed E-state index contributed by atoms with van der Waals surface area (Å²) in [5.74, 6) is 0.169. The predicted molar refractivity (Wildman–Crippen MR) is 119 cm³/mol. The van der Waals surface area contributed by atoms with Crippen molar-refractivity contribution < 1.29 is 18.7 Å². The molecular formula is C23H24FN5O3. The first kappa shape index (κ1) is 20.4. The van der Waals surface area contributed by atoms with Gasteiger partial charge in [0.1, 0.15) is 17.4 Å². The molecular weight excluding hydrogens is 413 g/mol. The molecule has 5 rings (SSSR count). The summed E-state index contributed by atoms with van der Waals surface area (Å²) < 4.78 is 25.0. The van der Waals surface area contributed by atoms with Crippen molar-refractivity contribution in [3.05, 3.63) is 54.0 Å². The molecule has 0 aliphatic carbocycles. The smallest absolute Gasteiger partial charge is 0.414 e. The van der Waals surface area contributed by atoms with Crippen LogP contribution in [0.1, 0.15) is 5.56 Å². The molecule has 2 aromatic heterocycles. The number of anilines is 2. The van der Waals surface area contributed by atoms with Crippen LogP contribution in [0.5, 0.6) is 5.88 Å². The zero-order valence-electron chi connectivity index (χ0n) is 17.9. The molecule has 1 atom stereocenters. The second-order valence-electron chi connectivity index (χ2n) is 8.07. The third-order valence-electron chi connectivity index (χ3n) is 6.00. The predicted octanol–water partition coefficient (Wildman–Crippen LogP) is 2.89. The number of nitrogens with one attached hydrogen (secondary N) is 1. The number of amides is 1. The van der Waals surface area contributed by atoms with Crippen LogP contribution in [-0.2, 0) is 4.74 Å². The highest BCUT2D eigenvalue weighted by atomic mass is 19.1. The number of benzene rings is 1. The van der Waals surface area contributed by atoms with Crippen LogP contribution in [-0.4, -0.2) is 61.5 Å². The van der Waals surface area contributed by atoms with Crippen LogP contribution >= 0.6 is 0 Å². The molecule has 0 spiro atoms. The van der Waals surface area contributed by atoms with E-state index < -0.39 is 6.09 Å². The minimum Gasteiger partial charge on any atom is -0.481 e. The van der Waals surface area contributed by atoms with Gasteiger partial charge < -0.3 is 19.7 Å². The Labute approximate surface area is 185 Å². The van der Waals surface area contributed by atoms with Gasteiger partial charge in [0, 0.05) is 25.4 Å². The number of hydrogen-bond acceptors (Lipinski definition) is 7.